The van der Waals surface area contributed by atoms with Crippen molar-refractivity contribution in [1.29, 1.82) is 0 Å². The Hall–Kier alpha value is -1.28. The monoisotopic (exact) mass is 206 g/mol. The smallest absolute Gasteiger partial charge is 0.130 e. The minimum atomic E-state index is 0.698. The van der Waals surface area contributed by atoms with E-state index in [1.165, 1.54) is 0 Å². The third kappa shape index (κ3) is 1.42. The lowest BCUT2D eigenvalue weighted by Gasteiger charge is -1.96. The van der Waals surface area contributed by atoms with Gasteiger partial charge in [-0.15, -0.1) is 0 Å². The molecule has 0 N–H and O–H groups in total. The largest absolute Gasteiger partial charge is 0.256 e. The molecule has 0 fully saturated rings. The zero-order valence-corrected chi connectivity index (χ0v) is 8.92. The van der Waals surface area contributed by atoms with Gasteiger partial charge in [0.2, 0.25) is 0 Å². The Morgan fingerprint density at radius 2 is 1.86 bits per heavy atom. The topological polar surface area (TPSA) is 17.8 Å². The van der Waals surface area contributed by atoms with Crippen LogP contribution in [0.3, 0.4) is 0 Å². The van der Waals surface area contributed by atoms with Crippen LogP contribution in [0.4, 0.5) is 0 Å². The van der Waals surface area contributed by atoms with Crippen molar-refractivity contribution in [3.05, 3.63) is 41.0 Å². The van der Waals surface area contributed by atoms with E-state index in [1.54, 1.807) is 4.68 Å². The maximum absolute atomic E-state index is 6.05. The number of rotatable bonds is 1. The Kier molecular flexibility index (Phi) is 2.30. The van der Waals surface area contributed by atoms with Crippen molar-refractivity contribution in [2.24, 2.45) is 7.05 Å². The summed E-state index contributed by atoms with van der Waals surface area (Å²) in [6.45, 7) is 1.98. The van der Waals surface area contributed by atoms with Gasteiger partial charge in [0.15, 0.2) is 0 Å². The number of aryl methyl sites for hydroxylation is 1. The molecule has 14 heavy (non-hydrogen) atoms. The molecule has 1 aromatic heterocycles. The molecular weight excluding hydrogens is 196 g/mol. The summed E-state index contributed by atoms with van der Waals surface area (Å²) in [5.74, 6) is 0. The highest BCUT2D eigenvalue weighted by Gasteiger charge is 2.10. The lowest BCUT2D eigenvalue weighted by molar-refractivity contribution is 0.771. The van der Waals surface area contributed by atoms with Crippen LogP contribution in [-0.4, -0.2) is 9.78 Å². The van der Waals surface area contributed by atoms with E-state index in [-0.39, 0.29) is 0 Å². The van der Waals surface area contributed by atoms with Crippen molar-refractivity contribution in [3.63, 3.8) is 0 Å². The van der Waals surface area contributed by atoms with Crippen LogP contribution in [0.15, 0.2) is 30.3 Å². The van der Waals surface area contributed by atoms with Crippen LogP contribution in [0.2, 0.25) is 5.15 Å². The van der Waals surface area contributed by atoms with Gasteiger partial charge in [-0.3, -0.25) is 4.68 Å². The van der Waals surface area contributed by atoms with Crippen LogP contribution >= 0.6 is 11.6 Å². The fourth-order valence-corrected chi connectivity index (χ4v) is 1.61. The Labute approximate surface area is 88.1 Å². The fraction of sp³-hybridized carbons (Fsp3) is 0.182. The van der Waals surface area contributed by atoms with Gasteiger partial charge in [0.25, 0.3) is 0 Å². The van der Waals surface area contributed by atoms with E-state index in [1.807, 2.05) is 44.3 Å². The molecule has 0 aliphatic rings. The molecule has 0 spiro atoms. The molecule has 2 rings (SSSR count). The number of halogens is 1. The Balaban J connectivity index is 2.58. The van der Waals surface area contributed by atoms with Gasteiger partial charge in [-0.2, -0.15) is 5.10 Å². The van der Waals surface area contributed by atoms with Crippen molar-refractivity contribution in [3.8, 4) is 11.3 Å². The summed E-state index contributed by atoms with van der Waals surface area (Å²) in [6.07, 6.45) is 0. The van der Waals surface area contributed by atoms with E-state index in [9.17, 15) is 0 Å². The zero-order valence-electron chi connectivity index (χ0n) is 8.16. The summed E-state index contributed by atoms with van der Waals surface area (Å²) >= 11 is 6.05. The molecule has 0 unspecified atom stereocenters. The first-order chi connectivity index (χ1) is 6.70. The summed E-state index contributed by atoms with van der Waals surface area (Å²) in [5, 5.41) is 5.06. The van der Waals surface area contributed by atoms with Crippen LogP contribution in [0.25, 0.3) is 11.3 Å². The minimum absolute atomic E-state index is 0.698. The lowest BCUT2D eigenvalue weighted by Crippen LogP contribution is -1.89. The van der Waals surface area contributed by atoms with E-state index in [2.05, 4.69) is 5.10 Å². The number of nitrogens with zero attached hydrogens (tertiary/aromatic N) is 2. The van der Waals surface area contributed by atoms with E-state index < -0.39 is 0 Å². The normalized spacial score (nSPS) is 10.5. The van der Waals surface area contributed by atoms with Gasteiger partial charge in [-0.1, -0.05) is 41.9 Å². The predicted molar refractivity (Wildman–Crippen MR) is 58.4 cm³/mol. The van der Waals surface area contributed by atoms with Crippen molar-refractivity contribution in [1.82, 2.24) is 9.78 Å². The maximum atomic E-state index is 6.05. The van der Waals surface area contributed by atoms with E-state index >= 15 is 0 Å². The van der Waals surface area contributed by atoms with Crippen molar-refractivity contribution in [2.45, 2.75) is 6.92 Å². The molecule has 3 heteroatoms. The van der Waals surface area contributed by atoms with Crippen molar-refractivity contribution in [2.75, 3.05) is 0 Å². The Bertz CT molecular complexity index is 446. The summed E-state index contributed by atoms with van der Waals surface area (Å²) in [4.78, 5) is 0. The molecule has 72 valence electrons. The summed E-state index contributed by atoms with van der Waals surface area (Å²) in [7, 11) is 1.85. The quantitative estimate of drug-likeness (QED) is 0.701. The highest BCUT2D eigenvalue weighted by atomic mass is 35.5. The van der Waals surface area contributed by atoms with Crippen molar-refractivity contribution >= 4 is 11.6 Å². The summed E-state index contributed by atoms with van der Waals surface area (Å²) in [6, 6.07) is 10.1. The van der Waals surface area contributed by atoms with E-state index in [0.717, 1.165) is 16.8 Å². The van der Waals surface area contributed by atoms with Gasteiger partial charge < -0.3 is 0 Å². The van der Waals surface area contributed by atoms with Crippen LogP contribution in [-0.2, 0) is 7.05 Å². The highest BCUT2D eigenvalue weighted by Crippen LogP contribution is 2.26. The van der Waals surface area contributed by atoms with Gasteiger partial charge in [-0.05, 0) is 6.92 Å². The Morgan fingerprint density at radius 3 is 2.36 bits per heavy atom. The van der Waals surface area contributed by atoms with Crippen LogP contribution in [0, 0.1) is 6.92 Å². The number of hydrogen-bond acceptors (Lipinski definition) is 1. The molecule has 1 aromatic carbocycles. The second kappa shape index (κ2) is 3.46. The molecule has 0 aliphatic heterocycles. The van der Waals surface area contributed by atoms with Crippen LogP contribution < -0.4 is 0 Å². The molecular formula is C11H11ClN2. The molecule has 0 saturated heterocycles. The second-order valence-electron chi connectivity index (χ2n) is 3.25. The van der Waals surface area contributed by atoms with Gasteiger partial charge >= 0.3 is 0 Å². The average molecular weight is 207 g/mol. The summed E-state index contributed by atoms with van der Waals surface area (Å²) < 4.78 is 1.69. The Morgan fingerprint density at radius 1 is 1.21 bits per heavy atom. The third-order valence-electron chi connectivity index (χ3n) is 2.25. The lowest BCUT2D eigenvalue weighted by atomic mass is 10.1. The number of aromatic nitrogens is 2. The van der Waals surface area contributed by atoms with Gasteiger partial charge in [0, 0.05) is 18.2 Å². The molecule has 0 atom stereocenters. The molecule has 1 heterocycles. The molecule has 0 bridgehead atoms. The third-order valence-corrected chi connectivity index (χ3v) is 2.77. The minimum Gasteiger partial charge on any atom is -0.256 e. The van der Waals surface area contributed by atoms with Gasteiger partial charge in [0.05, 0.1) is 5.69 Å². The zero-order chi connectivity index (χ0) is 10.1. The molecule has 0 aliphatic carbocycles. The SMILES string of the molecule is Cc1c(-c2ccccc2)nn(C)c1Cl. The molecule has 2 nitrogen and oxygen atoms in total. The van der Waals surface area contributed by atoms with E-state index in [0.29, 0.717) is 5.15 Å². The van der Waals surface area contributed by atoms with Crippen molar-refractivity contribution < 1.29 is 0 Å². The second-order valence-corrected chi connectivity index (χ2v) is 3.61. The van der Waals surface area contributed by atoms with Crippen LogP contribution in [0.5, 0.6) is 0 Å². The number of benzene rings is 1. The fourth-order valence-electron chi connectivity index (χ4n) is 1.48. The molecule has 0 amide bonds. The van der Waals surface area contributed by atoms with E-state index in [4.69, 9.17) is 11.6 Å². The predicted octanol–water partition coefficient (Wildman–Crippen LogP) is 3.05. The number of hydrogen-bond donors (Lipinski definition) is 0. The standard InChI is InChI=1S/C11H11ClN2/c1-8-10(13-14(2)11(8)12)9-6-4-3-5-7-9/h3-7H,1-2H3. The average Bonchev–Trinajstić information content (AvgIpc) is 2.47. The molecule has 2 aromatic rings. The van der Waals surface area contributed by atoms with Gasteiger partial charge in [-0.25, -0.2) is 0 Å². The molecule has 0 radical (unpaired) electrons. The first-order valence-corrected chi connectivity index (χ1v) is 4.82. The summed E-state index contributed by atoms with van der Waals surface area (Å²) in [5.41, 5.74) is 3.09. The first-order valence-electron chi connectivity index (χ1n) is 4.44. The highest BCUT2D eigenvalue weighted by molar-refractivity contribution is 6.30. The molecule has 0 saturated carbocycles. The van der Waals surface area contributed by atoms with Gasteiger partial charge in [0.1, 0.15) is 5.15 Å². The van der Waals surface area contributed by atoms with Crippen LogP contribution in [0.1, 0.15) is 5.56 Å². The first kappa shape index (κ1) is 9.28. The maximum Gasteiger partial charge on any atom is 0.130 e.